The Bertz CT molecular complexity index is 371. The van der Waals surface area contributed by atoms with Gasteiger partial charge in [-0.15, -0.1) is 0 Å². The van der Waals surface area contributed by atoms with Gasteiger partial charge in [-0.05, 0) is 18.8 Å². The van der Waals surface area contributed by atoms with Gasteiger partial charge < -0.3 is 14.4 Å². The summed E-state index contributed by atoms with van der Waals surface area (Å²) in [6, 6.07) is 0. The molecule has 1 aromatic heterocycles. The van der Waals surface area contributed by atoms with E-state index in [4.69, 9.17) is 14.4 Å². The molecule has 6 nitrogen and oxygen atoms in total. The molecule has 0 aromatic carbocycles. The number of carbonyl (C=O) groups is 1. The molecule has 2 rings (SSSR count). The number of aryl methyl sites for hydroxylation is 1. The van der Waals surface area contributed by atoms with Crippen LogP contribution >= 0.6 is 0 Å². The molecule has 17 heavy (non-hydrogen) atoms. The Hall–Kier alpha value is -1.43. The molecule has 1 unspecified atom stereocenters. The Morgan fingerprint density at radius 1 is 1.53 bits per heavy atom. The Labute approximate surface area is 99.0 Å². The number of carboxylic acid groups (broad SMARTS) is 1. The zero-order chi connectivity index (χ0) is 12.1. The molecule has 2 heterocycles. The number of ether oxygens (including phenoxy) is 1. The highest BCUT2D eigenvalue weighted by molar-refractivity contribution is 5.66. The molecule has 0 amide bonds. The maximum Gasteiger partial charge on any atom is 0.303 e. The summed E-state index contributed by atoms with van der Waals surface area (Å²) in [6.07, 6.45) is 3.27. The fraction of sp³-hybridized carbons (Fsp3) is 0.727. The number of rotatable bonds is 5. The first kappa shape index (κ1) is 12.0. The predicted molar refractivity (Wildman–Crippen MR) is 57.5 cm³/mol. The van der Waals surface area contributed by atoms with Crippen LogP contribution in [0.3, 0.4) is 0 Å². The van der Waals surface area contributed by atoms with Crippen molar-refractivity contribution in [1.29, 1.82) is 0 Å². The van der Waals surface area contributed by atoms with Gasteiger partial charge in [0.1, 0.15) is 0 Å². The first-order chi connectivity index (χ1) is 8.24. The molecule has 0 saturated carbocycles. The summed E-state index contributed by atoms with van der Waals surface area (Å²) in [6.45, 7) is 1.58. The quantitative estimate of drug-likeness (QED) is 0.828. The van der Waals surface area contributed by atoms with Crippen LogP contribution in [0, 0.1) is 5.92 Å². The molecule has 0 aliphatic carbocycles. The molecule has 1 aliphatic heterocycles. The van der Waals surface area contributed by atoms with Gasteiger partial charge in [0.2, 0.25) is 5.89 Å². The second-order valence-corrected chi connectivity index (χ2v) is 4.29. The van der Waals surface area contributed by atoms with Crippen LogP contribution in [0.25, 0.3) is 0 Å². The fourth-order valence-electron chi connectivity index (χ4n) is 1.91. The molecule has 1 aromatic rings. The molecule has 0 radical (unpaired) electrons. The third kappa shape index (κ3) is 3.81. The van der Waals surface area contributed by atoms with Crippen LogP contribution in [-0.2, 0) is 22.4 Å². The minimum Gasteiger partial charge on any atom is -0.481 e. The maximum atomic E-state index is 10.4. The molecule has 1 fully saturated rings. The topological polar surface area (TPSA) is 85.5 Å². The van der Waals surface area contributed by atoms with Gasteiger partial charge in [0, 0.05) is 26.1 Å². The van der Waals surface area contributed by atoms with Crippen LogP contribution < -0.4 is 0 Å². The van der Waals surface area contributed by atoms with Crippen LogP contribution in [0.5, 0.6) is 0 Å². The van der Waals surface area contributed by atoms with Gasteiger partial charge >= 0.3 is 5.97 Å². The van der Waals surface area contributed by atoms with E-state index in [2.05, 4.69) is 10.1 Å². The van der Waals surface area contributed by atoms with E-state index < -0.39 is 5.97 Å². The minimum atomic E-state index is -0.850. The Morgan fingerprint density at radius 3 is 3.12 bits per heavy atom. The maximum absolute atomic E-state index is 10.4. The third-order valence-electron chi connectivity index (χ3n) is 2.79. The summed E-state index contributed by atoms with van der Waals surface area (Å²) >= 11 is 0. The number of aliphatic carboxylic acids is 1. The molecule has 0 bridgehead atoms. The van der Waals surface area contributed by atoms with Crippen LogP contribution in [0.1, 0.15) is 31.0 Å². The van der Waals surface area contributed by atoms with Crippen molar-refractivity contribution >= 4 is 5.97 Å². The highest BCUT2D eigenvalue weighted by Crippen LogP contribution is 2.18. The summed E-state index contributed by atoms with van der Waals surface area (Å²) < 4.78 is 10.5. The first-order valence-electron chi connectivity index (χ1n) is 5.85. The van der Waals surface area contributed by atoms with E-state index in [0.29, 0.717) is 24.1 Å². The van der Waals surface area contributed by atoms with Crippen molar-refractivity contribution in [3.63, 3.8) is 0 Å². The van der Waals surface area contributed by atoms with E-state index in [9.17, 15) is 4.79 Å². The second kappa shape index (κ2) is 5.77. The van der Waals surface area contributed by atoms with Crippen molar-refractivity contribution in [3.05, 3.63) is 11.7 Å². The van der Waals surface area contributed by atoms with Gasteiger partial charge in [0.15, 0.2) is 5.82 Å². The Kier molecular flexibility index (Phi) is 4.08. The van der Waals surface area contributed by atoms with Crippen molar-refractivity contribution in [1.82, 2.24) is 10.1 Å². The summed E-state index contributed by atoms with van der Waals surface area (Å²) in [4.78, 5) is 14.6. The number of nitrogens with zero attached hydrogens (tertiary/aromatic N) is 2. The van der Waals surface area contributed by atoms with E-state index in [1.807, 2.05) is 0 Å². The van der Waals surface area contributed by atoms with E-state index in [1.54, 1.807) is 0 Å². The van der Waals surface area contributed by atoms with E-state index >= 15 is 0 Å². The SMILES string of the molecule is O=C(O)CCc1noc(CC2CCCOC2)n1. The second-order valence-electron chi connectivity index (χ2n) is 4.29. The van der Waals surface area contributed by atoms with Crippen LogP contribution in [0.4, 0.5) is 0 Å². The molecule has 1 N–H and O–H groups in total. The highest BCUT2D eigenvalue weighted by atomic mass is 16.5. The molecule has 94 valence electrons. The van der Waals surface area contributed by atoms with Crippen LogP contribution in [-0.4, -0.2) is 34.4 Å². The van der Waals surface area contributed by atoms with Crippen molar-refractivity contribution in [3.8, 4) is 0 Å². The fourth-order valence-corrected chi connectivity index (χ4v) is 1.91. The van der Waals surface area contributed by atoms with E-state index in [0.717, 1.165) is 32.5 Å². The highest BCUT2D eigenvalue weighted by Gasteiger charge is 2.18. The van der Waals surface area contributed by atoms with Gasteiger partial charge in [-0.1, -0.05) is 5.16 Å². The molecule has 1 atom stereocenters. The van der Waals surface area contributed by atoms with E-state index in [1.165, 1.54) is 0 Å². The predicted octanol–water partition coefficient (Wildman–Crippen LogP) is 1.06. The lowest BCUT2D eigenvalue weighted by atomic mass is 9.99. The standard InChI is InChI=1S/C11H16N2O4/c14-11(15)4-3-9-12-10(17-13-9)6-8-2-1-5-16-7-8/h8H,1-7H2,(H,14,15). The van der Waals surface area contributed by atoms with E-state index in [-0.39, 0.29) is 6.42 Å². The lowest BCUT2D eigenvalue weighted by molar-refractivity contribution is -0.137. The zero-order valence-electron chi connectivity index (χ0n) is 9.59. The van der Waals surface area contributed by atoms with Gasteiger partial charge in [0.05, 0.1) is 6.42 Å². The molecular formula is C11H16N2O4. The minimum absolute atomic E-state index is 0.0332. The van der Waals surface area contributed by atoms with Crippen molar-refractivity contribution in [2.45, 2.75) is 32.1 Å². The molecule has 1 saturated heterocycles. The lowest BCUT2D eigenvalue weighted by Gasteiger charge is -2.20. The van der Waals surface area contributed by atoms with Gasteiger partial charge in [-0.25, -0.2) is 0 Å². The van der Waals surface area contributed by atoms with Gasteiger partial charge in [0.25, 0.3) is 0 Å². The van der Waals surface area contributed by atoms with Crippen molar-refractivity contribution in [2.24, 2.45) is 5.92 Å². The normalized spacial score (nSPS) is 20.4. The monoisotopic (exact) mass is 240 g/mol. The summed E-state index contributed by atoms with van der Waals surface area (Å²) in [7, 11) is 0. The van der Waals surface area contributed by atoms with Gasteiger partial charge in [-0.3, -0.25) is 4.79 Å². The number of hydrogen-bond acceptors (Lipinski definition) is 5. The molecule has 6 heteroatoms. The average molecular weight is 240 g/mol. The average Bonchev–Trinajstić information content (AvgIpc) is 2.75. The van der Waals surface area contributed by atoms with Crippen molar-refractivity contribution in [2.75, 3.05) is 13.2 Å². The third-order valence-corrected chi connectivity index (χ3v) is 2.79. The summed E-state index contributed by atoms with van der Waals surface area (Å²) in [5.41, 5.74) is 0. The Morgan fingerprint density at radius 2 is 2.41 bits per heavy atom. The first-order valence-corrected chi connectivity index (χ1v) is 5.85. The van der Waals surface area contributed by atoms with Crippen LogP contribution in [0.2, 0.25) is 0 Å². The summed E-state index contributed by atoms with van der Waals surface area (Å²) in [5.74, 6) is 0.647. The smallest absolute Gasteiger partial charge is 0.303 e. The number of carboxylic acids is 1. The number of hydrogen-bond donors (Lipinski definition) is 1. The Balaban J connectivity index is 1.82. The lowest BCUT2D eigenvalue weighted by Crippen LogP contribution is -2.19. The molecular weight excluding hydrogens is 224 g/mol. The molecule has 1 aliphatic rings. The van der Waals surface area contributed by atoms with Crippen molar-refractivity contribution < 1.29 is 19.2 Å². The summed E-state index contributed by atoms with van der Waals surface area (Å²) in [5, 5.41) is 12.3. The molecule has 0 spiro atoms. The zero-order valence-corrected chi connectivity index (χ0v) is 9.59. The largest absolute Gasteiger partial charge is 0.481 e. The van der Waals surface area contributed by atoms with Gasteiger partial charge in [-0.2, -0.15) is 4.98 Å². The van der Waals surface area contributed by atoms with Crippen LogP contribution in [0.15, 0.2) is 4.52 Å². The number of aromatic nitrogens is 2.